The Kier molecular flexibility index (Phi) is 4.80. The van der Waals surface area contributed by atoms with Crippen molar-refractivity contribution in [3.8, 4) is 17.1 Å². The molecule has 1 aliphatic rings. The number of nitrogens with zero attached hydrogens (tertiary/aromatic N) is 5. The van der Waals surface area contributed by atoms with Crippen molar-refractivity contribution in [2.75, 3.05) is 23.5 Å². The monoisotopic (exact) mass is 413 g/mol. The maximum Gasteiger partial charge on any atom is 0.265 e. The van der Waals surface area contributed by atoms with Gasteiger partial charge < -0.3 is 14.2 Å². The van der Waals surface area contributed by atoms with Crippen LogP contribution in [0.1, 0.15) is 5.89 Å². The SMILES string of the molecule is CN(c1ccccc1)c1ccc(-c2noc(CN3C(=O)COc4ccccc43)n2)cn1. The van der Waals surface area contributed by atoms with Crippen molar-refractivity contribution in [2.45, 2.75) is 6.54 Å². The van der Waals surface area contributed by atoms with Crippen molar-refractivity contribution >= 4 is 23.1 Å². The zero-order valence-electron chi connectivity index (χ0n) is 16.8. The Hall–Kier alpha value is -4.20. The zero-order valence-corrected chi connectivity index (χ0v) is 16.8. The van der Waals surface area contributed by atoms with Crippen LogP contribution < -0.4 is 14.5 Å². The highest BCUT2D eigenvalue weighted by atomic mass is 16.5. The highest BCUT2D eigenvalue weighted by molar-refractivity contribution is 5.97. The highest BCUT2D eigenvalue weighted by Crippen LogP contribution is 2.32. The summed E-state index contributed by atoms with van der Waals surface area (Å²) < 4.78 is 10.9. The lowest BCUT2D eigenvalue weighted by atomic mass is 10.2. The van der Waals surface area contributed by atoms with E-state index >= 15 is 0 Å². The number of amides is 1. The second kappa shape index (κ2) is 7.91. The lowest BCUT2D eigenvalue weighted by Crippen LogP contribution is -2.38. The van der Waals surface area contributed by atoms with Crippen LogP contribution in [0, 0.1) is 0 Å². The van der Waals surface area contributed by atoms with Gasteiger partial charge in [-0.05, 0) is 36.4 Å². The summed E-state index contributed by atoms with van der Waals surface area (Å²) in [6, 6.07) is 21.2. The first-order chi connectivity index (χ1) is 15.2. The summed E-state index contributed by atoms with van der Waals surface area (Å²) in [4.78, 5) is 24.9. The van der Waals surface area contributed by atoms with Crippen molar-refractivity contribution in [1.29, 1.82) is 0 Å². The molecule has 0 radical (unpaired) electrons. The molecule has 1 amide bonds. The lowest BCUT2D eigenvalue weighted by molar-refractivity contribution is -0.121. The maximum absolute atomic E-state index is 12.4. The molecule has 31 heavy (non-hydrogen) atoms. The molecule has 0 atom stereocenters. The Morgan fingerprint density at radius 3 is 2.65 bits per heavy atom. The third-order valence-corrected chi connectivity index (χ3v) is 5.06. The van der Waals surface area contributed by atoms with Gasteiger partial charge >= 0.3 is 0 Å². The normalized spacial score (nSPS) is 12.9. The molecule has 0 bridgehead atoms. The summed E-state index contributed by atoms with van der Waals surface area (Å²) in [5, 5.41) is 4.06. The van der Waals surface area contributed by atoms with Crippen LogP contribution in [-0.2, 0) is 11.3 Å². The van der Waals surface area contributed by atoms with E-state index in [0.29, 0.717) is 23.2 Å². The average molecular weight is 413 g/mol. The second-order valence-corrected chi connectivity index (χ2v) is 7.05. The molecule has 4 aromatic rings. The predicted octanol–water partition coefficient (Wildman–Crippen LogP) is 3.83. The van der Waals surface area contributed by atoms with Crippen LogP contribution in [0.4, 0.5) is 17.2 Å². The van der Waals surface area contributed by atoms with Gasteiger partial charge in [-0.1, -0.05) is 35.5 Å². The van der Waals surface area contributed by atoms with Crippen molar-refractivity contribution in [2.24, 2.45) is 0 Å². The maximum atomic E-state index is 12.4. The van der Waals surface area contributed by atoms with E-state index in [1.165, 1.54) is 0 Å². The van der Waals surface area contributed by atoms with Crippen LogP contribution in [0.5, 0.6) is 5.75 Å². The standard InChI is InChI=1S/C23H19N5O3/c1-27(17-7-3-2-4-8-17)20-12-11-16(13-24-20)23-25-21(31-26-23)14-28-18-9-5-6-10-19(18)30-15-22(28)29/h2-13H,14-15H2,1H3. The molecule has 0 fully saturated rings. The van der Waals surface area contributed by atoms with Crippen LogP contribution in [0.15, 0.2) is 77.4 Å². The van der Waals surface area contributed by atoms with E-state index in [1.54, 1.807) is 11.1 Å². The van der Waals surface area contributed by atoms with Gasteiger partial charge in [0, 0.05) is 24.5 Å². The minimum Gasteiger partial charge on any atom is -0.482 e. The summed E-state index contributed by atoms with van der Waals surface area (Å²) in [7, 11) is 1.96. The smallest absolute Gasteiger partial charge is 0.265 e. The Morgan fingerprint density at radius 2 is 1.84 bits per heavy atom. The van der Waals surface area contributed by atoms with Gasteiger partial charge in [0.15, 0.2) is 6.61 Å². The van der Waals surface area contributed by atoms with Gasteiger partial charge in [0.25, 0.3) is 5.91 Å². The van der Waals surface area contributed by atoms with E-state index in [-0.39, 0.29) is 19.1 Å². The summed E-state index contributed by atoms with van der Waals surface area (Å²) in [5.74, 6) is 2.06. The minimum atomic E-state index is -0.159. The highest BCUT2D eigenvalue weighted by Gasteiger charge is 2.27. The van der Waals surface area contributed by atoms with Crippen molar-refractivity contribution in [3.63, 3.8) is 0 Å². The fourth-order valence-electron chi connectivity index (χ4n) is 3.40. The molecule has 0 spiro atoms. The van der Waals surface area contributed by atoms with E-state index < -0.39 is 0 Å². The van der Waals surface area contributed by atoms with Crippen LogP contribution >= 0.6 is 0 Å². The Morgan fingerprint density at radius 1 is 1.03 bits per heavy atom. The van der Waals surface area contributed by atoms with Crippen molar-refractivity contribution < 1.29 is 14.1 Å². The molecular formula is C23H19N5O3. The molecule has 1 aliphatic heterocycles. The second-order valence-electron chi connectivity index (χ2n) is 7.05. The number of pyridine rings is 1. The first-order valence-corrected chi connectivity index (χ1v) is 9.79. The number of para-hydroxylation sites is 3. The molecule has 2 aromatic heterocycles. The molecule has 8 heteroatoms. The van der Waals surface area contributed by atoms with Crippen molar-refractivity contribution in [1.82, 2.24) is 15.1 Å². The summed E-state index contributed by atoms with van der Waals surface area (Å²) in [6.45, 7) is 0.160. The van der Waals surface area contributed by atoms with Gasteiger partial charge in [-0.2, -0.15) is 4.98 Å². The van der Waals surface area contributed by atoms with E-state index in [4.69, 9.17) is 9.26 Å². The molecule has 0 unspecified atom stereocenters. The number of benzene rings is 2. The van der Waals surface area contributed by atoms with E-state index in [2.05, 4.69) is 15.1 Å². The Balaban J connectivity index is 1.34. The third kappa shape index (κ3) is 3.71. The van der Waals surface area contributed by atoms with Gasteiger partial charge in [0.1, 0.15) is 18.1 Å². The fourth-order valence-corrected chi connectivity index (χ4v) is 3.40. The minimum absolute atomic E-state index is 0.0156. The van der Waals surface area contributed by atoms with Crippen LogP contribution in [0.2, 0.25) is 0 Å². The topological polar surface area (TPSA) is 84.6 Å². The fraction of sp³-hybridized carbons (Fsp3) is 0.130. The van der Waals surface area contributed by atoms with Crippen LogP contribution in [0.3, 0.4) is 0 Å². The van der Waals surface area contributed by atoms with Crippen molar-refractivity contribution in [3.05, 3.63) is 78.8 Å². The Labute approximate surface area is 178 Å². The first-order valence-electron chi connectivity index (χ1n) is 9.79. The molecule has 5 rings (SSSR count). The van der Waals surface area contributed by atoms with E-state index in [0.717, 1.165) is 17.1 Å². The third-order valence-electron chi connectivity index (χ3n) is 5.06. The molecule has 8 nitrogen and oxygen atoms in total. The molecule has 0 saturated heterocycles. The number of hydrogen-bond acceptors (Lipinski definition) is 7. The molecule has 0 saturated carbocycles. The number of carbonyl (C=O) groups excluding carboxylic acids is 1. The number of hydrogen-bond donors (Lipinski definition) is 0. The molecule has 0 aliphatic carbocycles. The van der Waals surface area contributed by atoms with Gasteiger partial charge in [0.05, 0.1) is 5.69 Å². The molecule has 2 aromatic carbocycles. The molecule has 0 N–H and O–H groups in total. The summed E-state index contributed by atoms with van der Waals surface area (Å²) >= 11 is 0. The molecule has 154 valence electrons. The zero-order chi connectivity index (χ0) is 21.2. The molecule has 3 heterocycles. The lowest BCUT2D eigenvalue weighted by Gasteiger charge is -2.27. The van der Waals surface area contributed by atoms with E-state index in [1.807, 2.05) is 78.7 Å². The number of rotatable bonds is 5. The predicted molar refractivity (Wildman–Crippen MR) is 115 cm³/mol. The number of ether oxygens (including phenoxy) is 1. The average Bonchev–Trinajstić information content (AvgIpc) is 3.30. The van der Waals surface area contributed by atoms with Gasteiger partial charge in [-0.3, -0.25) is 9.69 Å². The van der Waals surface area contributed by atoms with Crippen LogP contribution in [-0.4, -0.2) is 34.7 Å². The van der Waals surface area contributed by atoms with Gasteiger partial charge in [-0.25, -0.2) is 4.98 Å². The number of anilines is 3. The number of aromatic nitrogens is 3. The van der Waals surface area contributed by atoms with E-state index in [9.17, 15) is 4.79 Å². The van der Waals surface area contributed by atoms with Gasteiger partial charge in [-0.15, -0.1) is 0 Å². The first kappa shape index (κ1) is 18.8. The summed E-state index contributed by atoms with van der Waals surface area (Å²) in [5.41, 5.74) is 2.46. The van der Waals surface area contributed by atoms with Gasteiger partial charge in [0.2, 0.25) is 11.7 Å². The molecular weight excluding hydrogens is 394 g/mol. The number of carbonyl (C=O) groups is 1. The van der Waals surface area contributed by atoms with Crippen LogP contribution in [0.25, 0.3) is 11.4 Å². The Bertz CT molecular complexity index is 1210. The number of fused-ring (bicyclic) bond motifs is 1. The largest absolute Gasteiger partial charge is 0.482 e. The summed E-state index contributed by atoms with van der Waals surface area (Å²) in [6.07, 6.45) is 1.71. The quantitative estimate of drug-likeness (QED) is 0.492.